The molecule has 0 bridgehead atoms. The van der Waals surface area contributed by atoms with E-state index in [1.165, 1.54) is 6.07 Å². The van der Waals surface area contributed by atoms with Gasteiger partial charge in [0, 0.05) is 6.07 Å². The van der Waals surface area contributed by atoms with Crippen LogP contribution in [-0.2, 0) is 9.84 Å². The number of rotatable bonds is 1. The largest absolute Gasteiger partial charge is 0.369 e. The first-order valence-corrected chi connectivity index (χ1v) is 8.32. The van der Waals surface area contributed by atoms with E-state index in [1.807, 2.05) is 0 Å². The molecule has 1 saturated heterocycles. The summed E-state index contributed by atoms with van der Waals surface area (Å²) in [5.74, 6) is 0.00219. The van der Waals surface area contributed by atoms with Gasteiger partial charge in [0.1, 0.15) is 5.82 Å². The van der Waals surface area contributed by atoms with Crippen LogP contribution in [0.3, 0.4) is 0 Å². The molecule has 0 amide bonds. The lowest BCUT2D eigenvalue weighted by molar-refractivity contribution is 0.574. The first-order valence-electron chi connectivity index (χ1n) is 5.70. The van der Waals surface area contributed by atoms with E-state index in [9.17, 15) is 12.8 Å². The molecule has 1 fully saturated rings. The third-order valence-corrected chi connectivity index (χ3v) is 5.69. The maximum Gasteiger partial charge on any atom is 0.201 e. The average Bonchev–Trinajstić information content (AvgIpc) is 2.79. The average molecular weight is 348 g/mol. The summed E-state index contributed by atoms with van der Waals surface area (Å²) in [6.07, 6.45) is 0.507. The molecule has 1 aromatic heterocycles. The normalized spacial score (nSPS) is 22.1. The van der Waals surface area contributed by atoms with Crippen LogP contribution < -0.4 is 5.73 Å². The van der Waals surface area contributed by atoms with Crippen LogP contribution >= 0.6 is 15.9 Å². The van der Waals surface area contributed by atoms with Gasteiger partial charge >= 0.3 is 0 Å². The summed E-state index contributed by atoms with van der Waals surface area (Å²) < 4.78 is 38.6. The Kier molecular flexibility index (Phi) is 2.82. The number of hydrogen-bond acceptors (Lipinski definition) is 4. The zero-order valence-electron chi connectivity index (χ0n) is 9.81. The van der Waals surface area contributed by atoms with Gasteiger partial charge in [-0.25, -0.2) is 17.8 Å². The Bertz CT molecular complexity index is 772. The quantitative estimate of drug-likeness (QED) is 0.854. The van der Waals surface area contributed by atoms with Gasteiger partial charge in [-0.15, -0.1) is 0 Å². The van der Waals surface area contributed by atoms with Crippen molar-refractivity contribution in [1.29, 1.82) is 0 Å². The highest BCUT2D eigenvalue weighted by Gasteiger charge is 2.31. The van der Waals surface area contributed by atoms with Gasteiger partial charge in [0.2, 0.25) is 5.95 Å². The van der Waals surface area contributed by atoms with Crippen LogP contribution in [0.1, 0.15) is 12.5 Å². The van der Waals surface area contributed by atoms with Crippen molar-refractivity contribution in [3.05, 3.63) is 22.4 Å². The lowest BCUT2D eigenvalue weighted by Gasteiger charge is -2.13. The molecular formula is C11H11BrFN3O2S. The van der Waals surface area contributed by atoms with E-state index >= 15 is 0 Å². The maximum atomic E-state index is 13.5. The lowest BCUT2D eigenvalue weighted by Crippen LogP contribution is -2.13. The van der Waals surface area contributed by atoms with Crippen LogP contribution in [0.4, 0.5) is 10.3 Å². The van der Waals surface area contributed by atoms with Crippen molar-refractivity contribution in [2.75, 3.05) is 17.2 Å². The number of nitrogens with two attached hydrogens (primary N) is 1. The van der Waals surface area contributed by atoms with E-state index in [1.54, 1.807) is 10.6 Å². The molecule has 0 radical (unpaired) electrons. The summed E-state index contributed by atoms with van der Waals surface area (Å²) in [4.78, 5) is 4.09. The van der Waals surface area contributed by atoms with Crippen molar-refractivity contribution >= 4 is 42.7 Å². The van der Waals surface area contributed by atoms with E-state index in [4.69, 9.17) is 5.73 Å². The monoisotopic (exact) mass is 347 g/mol. The molecule has 2 heterocycles. The van der Waals surface area contributed by atoms with Gasteiger partial charge in [-0.3, -0.25) is 0 Å². The first-order chi connectivity index (χ1) is 8.87. The van der Waals surface area contributed by atoms with Crippen LogP contribution in [-0.4, -0.2) is 29.5 Å². The number of nitrogen functional groups attached to an aromatic ring is 1. The van der Waals surface area contributed by atoms with Gasteiger partial charge in [0.25, 0.3) is 0 Å². The topological polar surface area (TPSA) is 78.0 Å². The molecule has 0 saturated carbocycles. The summed E-state index contributed by atoms with van der Waals surface area (Å²) >= 11 is 3.12. The van der Waals surface area contributed by atoms with Crippen LogP contribution in [0.2, 0.25) is 0 Å². The Hall–Kier alpha value is -1.15. The maximum absolute atomic E-state index is 13.5. The molecule has 1 unspecified atom stereocenters. The highest BCUT2D eigenvalue weighted by atomic mass is 79.9. The third-order valence-electron chi connectivity index (χ3n) is 3.33. The Morgan fingerprint density at radius 1 is 1.47 bits per heavy atom. The minimum Gasteiger partial charge on any atom is -0.369 e. The van der Waals surface area contributed by atoms with Crippen LogP contribution in [0.5, 0.6) is 0 Å². The molecule has 19 heavy (non-hydrogen) atoms. The minimum absolute atomic E-state index is 0.0532. The molecule has 2 aromatic rings. The number of aromatic nitrogens is 2. The molecule has 0 aliphatic carbocycles. The second-order valence-electron chi connectivity index (χ2n) is 4.65. The molecule has 1 atom stereocenters. The van der Waals surface area contributed by atoms with Gasteiger partial charge in [0.15, 0.2) is 9.84 Å². The smallest absolute Gasteiger partial charge is 0.201 e. The molecule has 5 nitrogen and oxygen atoms in total. The van der Waals surface area contributed by atoms with Gasteiger partial charge < -0.3 is 10.3 Å². The number of anilines is 1. The van der Waals surface area contributed by atoms with E-state index in [-0.39, 0.29) is 23.5 Å². The van der Waals surface area contributed by atoms with Gasteiger partial charge in [-0.05, 0) is 28.4 Å². The Balaban J connectivity index is 2.18. The number of hydrogen-bond donors (Lipinski definition) is 1. The molecule has 0 spiro atoms. The van der Waals surface area contributed by atoms with Crippen molar-refractivity contribution in [2.45, 2.75) is 12.5 Å². The summed E-state index contributed by atoms with van der Waals surface area (Å²) in [5.41, 5.74) is 6.92. The highest BCUT2D eigenvalue weighted by Crippen LogP contribution is 2.32. The number of fused-ring (bicyclic) bond motifs is 1. The van der Waals surface area contributed by atoms with Crippen LogP contribution in [0, 0.1) is 5.82 Å². The molecule has 8 heteroatoms. The molecule has 1 aromatic carbocycles. The molecule has 3 rings (SSSR count). The third kappa shape index (κ3) is 2.12. The Morgan fingerprint density at radius 3 is 2.84 bits per heavy atom. The van der Waals surface area contributed by atoms with Crippen molar-refractivity contribution in [3.63, 3.8) is 0 Å². The molecule has 102 valence electrons. The van der Waals surface area contributed by atoms with E-state index in [2.05, 4.69) is 20.9 Å². The fraction of sp³-hybridized carbons (Fsp3) is 0.364. The second-order valence-corrected chi connectivity index (χ2v) is 7.73. The Labute approximate surface area is 117 Å². The van der Waals surface area contributed by atoms with Crippen molar-refractivity contribution in [3.8, 4) is 0 Å². The van der Waals surface area contributed by atoms with Crippen molar-refractivity contribution < 1.29 is 12.8 Å². The number of benzene rings is 1. The molecule has 1 aliphatic rings. The Morgan fingerprint density at radius 2 is 2.21 bits per heavy atom. The van der Waals surface area contributed by atoms with E-state index in [0.29, 0.717) is 21.9 Å². The van der Waals surface area contributed by atoms with Crippen LogP contribution in [0.25, 0.3) is 11.0 Å². The summed E-state index contributed by atoms with van der Waals surface area (Å²) in [5, 5.41) is 0. The summed E-state index contributed by atoms with van der Waals surface area (Å²) in [6, 6.07) is 2.64. The SMILES string of the molecule is Nc1nc2cc(F)c(Br)cc2n1C1CCS(=O)(=O)C1. The molecule has 2 N–H and O–H groups in total. The fourth-order valence-electron chi connectivity index (χ4n) is 2.47. The number of halogens is 2. The van der Waals surface area contributed by atoms with Crippen LogP contribution in [0.15, 0.2) is 16.6 Å². The predicted molar refractivity (Wildman–Crippen MR) is 74.1 cm³/mol. The van der Waals surface area contributed by atoms with Gasteiger partial charge in [-0.2, -0.15) is 0 Å². The fourth-order valence-corrected chi connectivity index (χ4v) is 4.50. The summed E-state index contributed by atoms with van der Waals surface area (Å²) in [6.45, 7) is 0. The van der Waals surface area contributed by atoms with E-state index in [0.717, 1.165) is 0 Å². The molecular weight excluding hydrogens is 337 g/mol. The molecule has 1 aliphatic heterocycles. The second kappa shape index (κ2) is 4.17. The highest BCUT2D eigenvalue weighted by molar-refractivity contribution is 9.10. The number of nitrogens with zero attached hydrogens (tertiary/aromatic N) is 2. The first kappa shape index (κ1) is 12.9. The standard InChI is InChI=1S/C11H11BrFN3O2S/c12-7-3-10-9(4-8(7)13)15-11(14)16(10)6-1-2-19(17,18)5-6/h3-4,6H,1-2,5H2,(H2,14,15). The summed E-state index contributed by atoms with van der Waals surface area (Å²) in [7, 11) is -3.02. The van der Waals surface area contributed by atoms with E-state index < -0.39 is 15.7 Å². The number of imidazole rings is 1. The predicted octanol–water partition coefficient (Wildman–Crippen LogP) is 1.88. The lowest BCUT2D eigenvalue weighted by atomic mass is 10.2. The minimum atomic E-state index is -3.02. The zero-order chi connectivity index (χ0) is 13.8. The van der Waals surface area contributed by atoms with Crippen molar-refractivity contribution in [1.82, 2.24) is 9.55 Å². The zero-order valence-corrected chi connectivity index (χ0v) is 12.2. The van der Waals surface area contributed by atoms with Gasteiger partial charge in [0.05, 0.1) is 33.1 Å². The van der Waals surface area contributed by atoms with Gasteiger partial charge in [-0.1, -0.05) is 0 Å². The number of sulfone groups is 1. The van der Waals surface area contributed by atoms with Crippen molar-refractivity contribution in [2.24, 2.45) is 0 Å².